The van der Waals surface area contributed by atoms with Crippen molar-refractivity contribution in [2.75, 3.05) is 27.8 Å². The lowest BCUT2D eigenvalue weighted by Gasteiger charge is -2.18. The van der Waals surface area contributed by atoms with Gasteiger partial charge in [-0.25, -0.2) is 0 Å². The summed E-state index contributed by atoms with van der Waals surface area (Å²) >= 11 is 5.04. The number of nitrogens with one attached hydrogen (secondary N) is 1. The average Bonchev–Trinajstić information content (AvgIpc) is 2.46. The fourth-order valence-corrected chi connectivity index (χ4v) is 1.52. The molecular weight excluding hydrogens is 280 g/mol. The third-order valence-electron chi connectivity index (χ3n) is 2.49. The van der Waals surface area contributed by atoms with E-state index in [4.69, 9.17) is 17.0 Å². The Hall–Kier alpha value is -2.15. The maximum atomic E-state index is 12.0. The first-order valence-electron chi connectivity index (χ1n) is 5.75. The lowest BCUT2D eigenvalue weighted by atomic mass is 10.2. The summed E-state index contributed by atoms with van der Waals surface area (Å²) in [5.74, 6) is -0.234. The van der Waals surface area contributed by atoms with Gasteiger partial charge in [-0.1, -0.05) is 6.07 Å². The highest BCUT2D eigenvalue weighted by Crippen LogP contribution is 2.12. The molecule has 0 saturated heterocycles. The van der Waals surface area contributed by atoms with Crippen molar-refractivity contribution >= 4 is 29.2 Å². The van der Waals surface area contributed by atoms with Crippen LogP contribution in [0.15, 0.2) is 24.3 Å². The Morgan fingerprint density at radius 3 is 2.65 bits per heavy atom. The SMILES string of the molecule is COC(=O)CN(C)C(=S)NC(=O)c1cccc(OC)c1. The number of hydrogen-bond donors (Lipinski definition) is 1. The summed E-state index contributed by atoms with van der Waals surface area (Å²) < 4.78 is 9.56. The molecule has 0 aliphatic rings. The van der Waals surface area contributed by atoms with Gasteiger partial charge in [0.1, 0.15) is 12.3 Å². The number of thiocarbonyl (C=S) groups is 1. The number of hydrogen-bond acceptors (Lipinski definition) is 5. The second-order valence-corrected chi connectivity index (χ2v) is 4.31. The minimum atomic E-state index is -0.439. The number of likely N-dealkylation sites (N-methyl/N-ethyl adjacent to an activating group) is 1. The van der Waals surface area contributed by atoms with Crippen LogP contribution in [-0.4, -0.2) is 49.7 Å². The summed E-state index contributed by atoms with van der Waals surface area (Å²) in [6.07, 6.45) is 0. The van der Waals surface area contributed by atoms with Crippen molar-refractivity contribution in [1.29, 1.82) is 0 Å². The first-order chi connectivity index (χ1) is 9.47. The first-order valence-corrected chi connectivity index (χ1v) is 6.16. The highest BCUT2D eigenvalue weighted by molar-refractivity contribution is 7.80. The fraction of sp³-hybridized carbons (Fsp3) is 0.308. The van der Waals surface area contributed by atoms with E-state index in [-0.39, 0.29) is 17.6 Å². The summed E-state index contributed by atoms with van der Waals surface area (Å²) in [6.45, 7) is -0.0340. The van der Waals surface area contributed by atoms with E-state index in [2.05, 4.69) is 10.1 Å². The molecule has 0 bridgehead atoms. The topological polar surface area (TPSA) is 67.9 Å². The molecule has 0 unspecified atom stereocenters. The molecule has 0 heterocycles. The molecule has 1 aromatic carbocycles. The molecule has 1 N–H and O–H groups in total. The molecule has 1 amide bonds. The van der Waals surface area contributed by atoms with E-state index in [0.29, 0.717) is 11.3 Å². The van der Waals surface area contributed by atoms with Gasteiger partial charge in [-0.2, -0.15) is 0 Å². The molecular formula is C13H16N2O4S. The minimum absolute atomic E-state index is 0.0340. The smallest absolute Gasteiger partial charge is 0.325 e. The maximum absolute atomic E-state index is 12.0. The Bertz CT molecular complexity index is 519. The number of benzene rings is 1. The summed E-state index contributed by atoms with van der Waals surface area (Å²) in [4.78, 5) is 24.5. The predicted octanol–water partition coefficient (Wildman–Crippen LogP) is 0.815. The minimum Gasteiger partial charge on any atom is -0.497 e. The molecule has 0 atom stereocenters. The Kier molecular flexibility index (Phi) is 5.92. The number of methoxy groups -OCH3 is 2. The standard InChI is InChI=1S/C13H16N2O4S/c1-15(8-11(16)19-3)13(20)14-12(17)9-5-4-6-10(7-9)18-2/h4-7H,8H2,1-3H3,(H,14,17,20). The van der Waals surface area contributed by atoms with Crippen LogP contribution in [0.1, 0.15) is 10.4 Å². The molecule has 7 heteroatoms. The number of carbonyl (C=O) groups excluding carboxylic acids is 2. The third-order valence-corrected chi connectivity index (χ3v) is 2.91. The van der Waals surface area contributed by atoms with Gasteiger partial charge in [-0.05, 0) is 30.4 Å². The van der Waals surface area contributed by atoms with Gasteiger partial charge < -0.3 is 14.4 Å². The number of ether oxygens (including phenoxy) is 2. The summed E-state index contributed by atoms with van der Waals surface area (Å²) in [7, 11) is 4.39. The van der Waals surface area contributed by atoms with E-state index in [1.165, 1.54) is 19.1 Å². The average molecular weight is 296 g/mol. The van der Waals surface area contributed by atoms with Gasteiger partial charge in [-0.3, -0.25) is 14.9 Å². The maximum Gasteiger partial charge on any atom is 0.325 e. The van der Waals surface area contributed by atoms with Gasteiger partial charge in [0.15, 0.2) is 5.11 Å². The van der Waals surface area contributed by atoms with Crippen molar-refractivity contribution < 1.29 is 19.1 Å². The number of nitrogens with zero attached hydrogens (tertiary/aromatic N) is 1. The van der Waals surface area contributed by atoms with Crippen molar-refractivity contribution in [3.05, 3.63) is 29.8 Å². The van der Waals surface area contributed by atoms with Crippen molar-refractivity contribution in [3.63, 3.8) is 0 Å². The van der Waals surface area contributed by atoms with Crippen molar-refractivity contribution in [3.8, 4) is 5.75 Å². The van der Waals surface area contributed by atoms with Crippen LogP contribution in [0, 0.1) is 0 Å². The zero-order valence-corrected chi connectivity index (χ0v) is 12.3. The van der Waals surface area contributed by atoms with Gasteiger partial charge in [0.25, 0.3) is 5.91 Å². The van der Waals surface area contributed by atoms with E-state index < -0.39 is 5.97 Å². The first kappa shape index (κ1) is 15.9. The van der Waals surface area contributed by atoms with Crippen LogP contribution in [0.3, 0.4) is 0 Å². The van der Waals surface area contributed by atoms with Crippen LogP contribution in [0.5, 0.6) is 5.75 Å². The van der Waals surface area contributed by atoms with Crippen molar-refractivity contribution in [2.24, 2.45) is 0 Å². The van der Waals surface area contributed by atoms with Crippen LogP contribution in [0.2, 0.25) is 0 Å². The molecule has 0 aliphatic heterocycles. The predicted molar refractivity (Wildman–Crippen MR) is 77.7 cm³/mol. The molecule has 0 fully saturated rings. The Morgan fingerprint density at radius 1 is 1.35 bits per heavy atom. The zero-order chi connectivity index (χ0) is 15.1. The van der Waals surface area contributed by atoms with Crippen LogP contribution in [-0.2, 0) is 9.53 Å². The van der Waals surface area contributed by atoms with Gasteiger partial charge in [0.05, 0.1) is 14.2 Å². The molecule has 0 radical (unpaired) electrons. The quantitative estimate of drug-likeness (QED) is 0.655. The molecule has 1 rings (SSSR count). The van der Waals surface area contributed by atoms with Crippen molar-refractivity contribution in [1.82, 2.24) is 10.2 Å². The van der Waals surface area contributed by atoms with Gasteiger partial charge in [0, 0.05) is 12.6 Å². The molecule has 0 aromatic heterocycles. The Morgan fingerprint density at radius 2 is 2.05 bits per heavy atom. The third kappa shape index (κ3) is 4.51. The van der Waals surface area contributed by atoms with Crippen LogP contribution in [0.4, 0.5) is 0 Å². The summed E-state index contributed by atoms with van der Waals surface area (Å²) in [5, 5.41) is 2.67. The number of rotatable bonds is 4. The van der Waals surface area contributed by atoms with E-state index in [0.717, 1.165) is 0 Å². The highest BCUT2D eigenvalue weighted by atomic mass is 32.1. The van der Waals surface area contributed by atoms with E-state index in [1.54, 1.807) is 31.3 Å². The van der Waals surface area contributed by atoms with Crippen LogP contribution in [0.25, 0.3) is 0 Å². The fourth-order valence-electron chi connectivity index (χ4n) is 1.36. The number of carbonyl (C=O) groups is 2. The van der Waals surface area contributed by atoms with E-state index in [9.17, 15) is 9.59 Å². The molecule has 0 spiro atoms. The van der Waals surface area contributed by atoms with Crippen LogP contribution >= 0.6 is 12.2 Å². The summed E-state index contributed by atoms with van der Waals surface area (Å²) in [5.41, 5.74) is 0.415. The Balaban J connectivity index is 2.65. The number of amides is 1. The molecule has 1 aromatic rings. The molecule has 20 heavy (non-hydrogen) atoms. The van der Waals surface area contributed by atoms with Gasteiger partial charge in [0.2, 0.25) is 0 Å². The largest absolute Gasteiger partial charge is 0.497 e. The molecule has 6 nitrogen and oxygen atoms in total. The van der Waals surface area contributed by atoms with Crippen molar-refractivity contribution in [2.45, 2.75) is 0 Å². The van der Waals surface area contributed by atoms with E-state index in [1.807, 2.05) is 0 Å². The molecule has 108 valence electrons. The highest BCUT2D eigenvalue weighted by Gasteiger charge is 2.14. The lowest BCUT2D eigenvalue weighted by molar-refractivity contribution is -0.140. The monoisotopic (exact) mass is 296 g/mol. The van der Waals surface area contributed by atoms with E-state index >= 15 is 0 Å². The molecule has 0 aliphatic carbocycles. The Labute approximate surface area is 122 Å². The molecule has 0 saturated carbocycles. The normalized spacial score (nSPS) is 9.55. The zero-order valence-electron chi connectivity index (χ0n) is 11.5. The number of esters is 1. The second kappa shape index (κ2) is 7.44. The summed E-state index contributed by atoms with van der Waals surface area (Å²) in [6, 6.07) is 6.67. The second-order valence-electron chi connectivity index (χ2n) is 3.92. The lowest BCUT2D eigenvalue weighted by Crippen LogP contribution is -2.42. The van der Waals surface area contributed by atoms with Crippen LogP contribution < -0.4 is 10.1 Å². The van der Waals surface area contributed by atoms with Gasteiger partial charge >= 0.3 is 5.97 Å². The van der Waals surface area contributed by atoms with Gasteiger partial charge in [-0.15, -0.1) is 0 Å².